The fourth-order valence-corrected chi connectivity index (χ4v) is 5.45. The molecule has 0 unspecified atom stereocenters. The predicted molar refractivity (Wildman–Crippen MR) is 114 cm³/mol. The number of nitrogens with one attached hydrogen (secondary N) is 1. The number of rotatable bonds is 11. The van der Waals surface area contributed by atoms with Gasteiger partial charge in [-0.1, -0.05) is 43.7 Å². The molecule has 7 nitrogen and oxygen atoms in total. The van der Waals surface area contributed by atoms with Crippen molar-refractivity contribution in [3.05, 3.63) is 54.1 Å². The Morgan fingerprint density at radius 1 is 1.03 bits per heavy atom. The van der Waals surface area contributed by atoms with Gasteiger partial charge in [-0.25, -0.2) is 13.9 Å². The number of unbranched alkanes of at least 4 members (excludes halogenated alkanes) is 1. The van der Waals surface area contributed by atoms with Crippen LogP contribution in [0.15, 0.2) is 53.4 Å². The zero-order valence-electron chi connectivity index (χ0n) is 17.5. The van der Waals surface area contributed by atoms with E-state index in [1.54, 1.807) is 5.48 Å². The Bertz CT molecular complexity index is 930. The number of methoxy groups -OCH3 is 2. The maximum atomic E-state index is 13.4. The van der Waals surface area contributed by atoms with E-state index in [1.807, 2.05) is 30.3 Å². The van der Waals surface area contributed by atoms with Crippen molar-refractivity contribution in [2.24, 2.45) is 5.92 Å². The van der Waals surface area contributed by atoms with Crippen molar-refractivity contribution in [2.75, 3.05) is 14.2 Å². The molecule has 2 aromatic carbocycles. The van der Waals surface area contributed by atoms with Crippen molar-refractivity contribution < 1.29 is 27.9 Å². The van der Waals surface area contributed by atoms with Gasteiger partial charge in [0.15, 0.2) is 21.3 Å². The van der Waals surface area contributed by atoms with Gasteiger partial charge >= 0.3 is 0 Å². The predicted octanol–water partition coefficient (Wildman–Crippen LogP) is 3.40. The largest absolute Gasteiger partial charge is 0.493 e. The van der Waals surface area contributed by atoms with Crippen molar-refractivity contribution in [3.63, 3.8) is 0 Å². The van der Waals surface area contributed by atoms with Crippen LogP contribution in [0.1, 0.15) is 31.7 Å². The van der Waals surface area contributed by atoms with E-state index in [0.717, 1.165) is 12.8 Å². The van der Waals surface area contributed by atoms with Gasteiger partial charge in [0, 0.05) is 6.07 Å². The molecular weight excluding hydrogens is 406 g/mol. The average molecular weight is 436 g/mol. The lowest BCUT2D eigenvalue weighted by Crippen LogP contribution is -2.38. The quantitative estimate of drug-likeness (QED) is 0.319. The van der Waals surface area contributed by atoms with Crippen LogP contribution in [0.2, 0.25) is 0 Å². The Hall–Kier alpha value is -2.58. The van der Waals surface area contributed by atoms with Crippen LogP contribution in [-0.4, -0.2) is 39.0 Å². The van der Waals surface area contributed by atoms with Gasteiger partial charge in [0.05, 0.1) is 30.3 Å². The number of ether oxygens (including phenoxy) is 2. The van der Waals surface area contributed by atoms with E-state index in [4.69, 9.17) is 14.7 Å². The molecule has 0 spiro atoms. The molecule has 0 radical (unpaired) electrons. The summed E-state index contributed by atoms with van der Waals surface area (Å²) in [6.45, 7) is 1.51. The Morgan fingerprint density at radius 2 is 1.70 bits per heavy atom. The van der Waals surface area contributed by atoms with Crippen molar-refractivity contribution in [2.45, 2.75) is 42.8 Å². The first-order chi connectivity index (χ1) is 14.3. The molecule has 0 heterocycles. The lowest BCUT2D eigenvalue weighted by atomic mass is 10.00. The highest BCUT2D eigenvalue weighted by molar-refractivity contribution is 7.92. The number of sulfone groups is 1. The second kappa shape index (κ2) is 11.0. The number of aryl methyl sites for hydroxylation is 1. The minimum atomic E-state index is -3.87. The molecule has 1 amide bonds. The monoisotopic (exact) mass is 435 g/mol. The summed E-state index contributed by atoms with van der Waals surface area (Å²) in [5.41, 5.74) is 2.76. The maximum absolute atomic E-state index is 13.4. The summed E-state index contributed by atoms with van der Waals surface area (Å²) < 4.78 is 37.1. The van der Waals surface area contributed by atoms with Gasteiger partial charge in [-0.05, 0) is 37.0 Å². The molecule has 0 aromatic heterocycles. The Balaban J connectivity index is 2.23. The van der Waals surface area contributed by atoms with E-state index in [-0.39, 0.29) is 11.3 Å². The molecule has 2 N–H and O–H groups in total. The first-order valence-electron chi connectivity index (χ1n) is 9.79. The lowest BCUT2D eigenvalue weighted by molar-refractivity contribution is -0.132. The van der Waals surface area contributed by atoms with E-state index >= 15 is 0 Å². The van der Waals surface area contributed by atoms with Crippen molar-refractivity contribution >= 4 is 15.7 Å². The van der Waals surface area contributed by atoms with Crippen molar-refractivity contribution in [1.82, 2.24) is 5.48 Å². The average Bonchev–Trinajstić information content (AvgIpc) is 2.77. The first-order valence-corrected chi connectivity index (χ1v) is 11.3. The number of hydrogen-bond acceptors (Lipinski definition) is 6. The van der Waals surface area contributed by atoms with Gasteiger partial charge in [0.25, 0.3) is 0 Å². The Labute approximate surface area is 177 Å². The van der Waals surface area contributed by atoms with Gasteiger partial charge in [-0.2, -0.15) is 0 Å². The molecule has 8 heteroatoms. The summed E-state index contributed by atoms with van der Waals surface area (Å²) in [5, 5.41) is 8.04. The number of hydrogen-bond donors (Lipinski definition) is 2. The second-order valence-corrected chi connectivity index (χ2v) is 9.26. The van der Waals surface area contributed by atoms with Crippen LogP contribution in [0.5, 0.6) is 11.5 Å². The van der Waals surface area contributed by atoms with E-state index in [9.17, 15) is 13.2 Å². The fraction of sp³-hybridized carbons (Fsp3) is 0.409. The summed E-state index contributed by atoms with van der Waals surface area (Å²) in [4.78, 5) is 12.1. The molecule has 2 aromatic rings. The highest BCUT2D eigenvalue weighted by Crippen LogP contribution is 2.33. The van der Waals surface area contributed by atoms with Crippen LogP contribution in [0.25, 0.3) is 0 Å². The SMILES string of the molecule is COc1ccc(S(=O)(=O)[C@H](CCCCc2ccccc2)[C@@H](C)C(=O)NO)cc1OC. The van der Waals surface area contributed by atoms with Crippen LogP contribution in [0.4, 0.5) is 0 Å². The summed E-state index contributed by atoms with van der Waals surface area (Å²) in [6.07, 6.45) is 2.52. The van der Waals surface area contributed by atoms with Crippen LogP contribution in [0.3, 0.4) is 0 Å². The first kappa shape index (κ1) is 23.7. The summed E-state index contributed by atoms with van der Waals surface area (Å²) in [5.74, 6) is -0.949. The van der Waals surface area contributed by atoms with E-state index in [2.05, 4.69) is 0 Å². The van der Waals surface area contributed by atoms with Crippen molar-refractivity contribution in [1.29, 1.82) is 0 Å². The van der Waals surface area contributed by atoms with Gasteiger partial charge in [0.2, 0.25) is 5.91 Å². The van der Waals surface area contributed by atoms with Gasteiger partial charge in [0.1, 0.15) is 0 Å². The highest BCUT2D eigenvalue weighted by Gasteiger charge is 2.36. The number of amides is 1. The summed E-state index contributed by atoms with van der Waals surface area (Å²) >= 11 is 0. The molecule has 2 rings (SSSR count). The van der Waals surface area contributed by atoms with Gasteiger partial charge < -0.3 is 9.47 Å². The number of carbonyl (C=O) groups is 1. The number of hydroxylamine groups is 1. The third-order valence-electron chi connectivity index (χ3n) is 5.21. The smallest absolute Gasteiger partial charge is 0.247 e. The Morgan fingerprint density at radius 3 is 2.30 bits per heavy atom. The maximum Gasteiger partial charge on any atom is 0.247 e. The van der Waals surface area contributed by atoms with Crippen LogP contribution in [-0.2, 0) is 21.1 Å². The van der Waals surface area contributed by atoms with Crippen LogP contribution >= 0.6 is 0 Å². The molecule has 0 saturated carbocycles. The highest BCUT2D eigenvalue weighted by atomic mass is 32.2. The van der Waals surface area contributed by atoms with Gasteiger partial charge in [-0.3, -0.25) is 10.0 Å². The molecule has 164 valence electrons. The standard InChI is InChI=1S/C22H29NO6S/c1-16(22(24)23-25)21(12-8-7-11-17-9-5-4-6-10-17)30(26,27)18-13-14-19(28-2)20(15-18)29-3/h4-6,9-10,13-16,21,25H,7-8,11-12H2,1-3H3,(H,23,24)/t16-,21-/m1/s1. The molecule has 30 heavy (non-hydrogen) atoms. The molecule has 0 aliphatic carbocycles. The fourth-order valence-electron chi connectivity index (χ4n) is 3.43. The molecule has 0 fully saturated rings. The molecule has 2 atom stereocenters. The zero-order valence-corrected chi connectivity index (χ0v) is 18.3. The molecule has 0 saturated heterocycles. The zero-order chi connectivity index (χ0) is 22.1. The molecule has 0 aliphatic rings. The lowest BCUT2D eigenvalue weighted by Gasteiger charge is -2.23. The van der Waals surface area contributed by atoms with Gasteiger partial charge in [-0.15, -0.1) is 0 Å². The molecule has 0 aliphatic heterocycles. The minimum Gasteiger partial charge on any atom is -0.493 e. The molecule has 0 bridgehead atoms. The summed E-state index contributed by atoms with van der Waals surface area (Å²) in [7, 11) is -0.970. The topological polar surface area (TPSA) is 102 Å². The minimum absolute atomic E-state index is 0.0470. The van der Waals surface area contributed by atoms with Crippen molar-refractivity contribution in [3.8, 4) is 11.5 Å². The number of carbonyl (C=O) groups excluding carboxylic acids is 1. The van der Waals surface area contributed by atoms with E-state index < -0.39 is 26.9 Å². The van der Waals surface area contributed by atoms with Crippen LogP contribution in [0, 0.1) is 5.92 Å². The van der Waals surface area contributed by atoms with E-state index in [0.29, 0.717) is 17.9 Å². The normalized spacial score (nSPS) is 13.3. The van der Waals surface area contributed by atoms with Crippen LogP contribution < -0.4 is 15.0 Å². The second-order valence-electron chi connectivity index (χ2n) is 7.10. The van der Waals surface area contributed by atoms with E-state index in [1.165, 1.54) is 44.9 Å². The third-order valence-corrected chi connectivity index (χ3v) is 7.56. The number of benzene rings is 2. The molecular formula is C22H29NO6S. The Kier molecular flexibility index (Phi) is 8.68. The summed E-state index contributed by atoms with van der Waals surface area (Å²) in [6, 6.07) is 14.3. The third kappa shape index (κ3) is 5.73.